The molecule has 0 radical (unpaired) electrons. The summed E-state index contributed by atoms with van der Waals surface area (Å²) >= 11 is 0. The number of hydrogen-bond acceptors (Lipinski definition) is 5. The number of benzene rings is 6. The number of carboxylic acids is 1. The first-order chi connectivity index (χ1) is 24.6. The number of aromatic nitrogens is 2. The molecule has 51 heavy (non-hydrogen) atoms. The van der Waals surface area contributed by atoms with Gasteiger partial charge >= 0.3 is 0 Å². The van der Waals surface area contributed by atoms with Crippen LogP contribution in [0.5, 0.6) is 0 Å². The maximum absolute atomic E-state index is 11.0. The number of H-pyrrole nitrogens is 1. The minimum absolute atomic E-state index is 0.420. The third-order valence-corrected chi connectivity index (χ3v) is 6.72. The Morgan fingerprint density at radius 2 is 0.863 bits per heavy atom. The van der Waals surface area contributed by atoms with Gasteiger partial charge in [-0.15, -0.1) is 0 Å². The van der Waals surface area contributed by atoms with E-state index in [1.54, 1.807) is 30.3 Å². The molecule has 0 unspecified atom stereocenters. The van der Waals surface area contributed by atoms with E-state index in [4.69, 9.17) is 14.7 Å². The van der Waals surface area contributed by atoms with Gasteiger partial charge in [-0.05, 0) is 42.3 Å². The van der Waals surface area contributed by atoms with E-state index in [2.05, 4.69) is 119 Å². The van der Waals surface area contributed by atoms with Crippen molar-refractivity contribution in [1.82, 2.24) is 9.97 Å². The van der Waals surface area contributed by atoms with Gasteiger partial charge in [-0.25, -0.2) is 4.98 Å². The molecule has 0 atom stereocenters. The highest BCUT2D eigenvalue weighted by atomic mass is 16.4. The van der Waals surface area contributed by atoms with Crippen LogP contribution >= 0.6 is 0 Å². The molecule has 0 aliphatic rings. The van der Waals surface area contributed by atoms with Crippen molar-refractivity contribution in [3.8, 4) is 11.3 Å². The third kappa shape index (κ3) is 15.5. The largest absolute Gasteiger partial charge is 0.481 e. The van der Waals surface area contributed by atoms with Crippen LogP contribution in [-0.2, 0) is 14.4 Å². The highest BCUT2D eigenvalue weighted by Gasteiger charge is 2.08. The van der Waals surface area contributed by atoms with Gasteiger partial charge in [0.2, 0.25) is 5.78 Å². The third-order valence-electron chi connectivity index (χ3n) is 6.72. The van der Waals surface area contributed by atoms with Crippen molar-refractivity contribution in [2.75, 3.05) is 0 Å². The molecule has 0 saturated carbocycles. The number of nitrogens with one attached hydrogen (secondary N) is 1. The van der Waals surface area contributed by atoms with Gasteiger partial charge in [0.1, 0.15) is 12.1 Å². The Labute approximate surface area is 299 Å². The lowest BCUT2D eigenvalue weighted by molar-refractivity contribution is -0.134. The molecule has 0 saturated heterocycles. The standard InChI is InChI=1S/C11H12N2.2C10H8.C9H8O2.C2H4O2.C2H4O/c1-8-11(13-9(2)12-8)10-6-4-3-5-7-10;2*1-2-6-10-8-4-3-7-9(10)5-1;1-7(10)9(11)8-5-3-2-4-6-8;1-2(3)4;1-2-3/h3-7H,1-2H3,(H,12,13);2*1-8H;2-6H,1H3;1H3,(H,3,4);2H,1H3. The topological polar surface area (TPSA) is 117 Å². The van der Waals surface area contributed by atoms with Gasteiger partial charge in [0.15, 0.2) is 5.78 Å². The quantitative estimate of drug-likeness (QED) is 0.109. The van der Waals surface area contributed by atoms with Crippen LogP contribution in [0.4, 0.5) is 0 Å². The summed E-state index contributed by atoms with van der Waals surface area (Å²) in [6.45, 7) is 7.82. The molecular formula is C44H44N2O5. The number of carbonyl (C=O) groups is 4. The molecule has 0 aliphatic carbocycles. The van der Waals surface area contributed by atoms with E-state index in [0.717, 1.165) is 30.4 Å². The smallest absolute Gasteiger partial charge is 0.300 e. The molecule has 6 aromatic carbocycles. The minimum atomic E-state index is -0.833. The lowest BCUT2D eigenvalue weighted by Crippen LogP contribution is -2.08. The van der Waals surface area contributed by atoms with Gasteiger partial charge in [0.05, 0.1) is 5.69 Å². The van der Waals surface area contributed by atoms with Crippen molar-refractivity contribution in [2.24, 2.45) is 0 Å². The summed E-state index contributed by atoms with van der Waals surface area (Å²) in [5.41, 5.74) is 3.81. The van der Waals surface area contributed by atoms with E-state index in [1.165, 1.54) is 41.0 Å². The number of carbonyl (C=O) groups excluding carboxylic acids is 3. The Balaban J connectivity index is 0.000000223. The first kappa shape index (κ1) is 40.7. The highest BCUT2D eigenvalue weighted by molar-refractivity contribution is 6.42. The number of fused-ring (bicyclic) bond motifs is 2. The molecule has 0 fully saturated rings. The van der Waals surface area contributed by atoms with Crippen molar-refractivity contribution in [2.45, 2.75) is 34.6 Å². The lowest BCUT2D eigenvalue weighted by Gasteiger charge is -1.96. The van der Waals surface area contributed by atoms with E-state index in [-0.39, 0.29) is 0 Å². The van der Waals surface area contributed by atoms with Gasteiger partial charge in [-0.3, -0.25) is 14.4 Å². The number of Topliss-reactive ketones (excluding diaryl/α,β-unsaturated/α-hetero) is 2. The zero-order chi connectivity index (χ0) is 37.4. The SMILES string of the molecule is CC(=O)C(=O)c1ccccc1.CC(=O)O.CC=O.Cc1nc(-c2ccccc2)c(C)[nH]1.c1ccc2ccccc2c1.c1ccc2ccccc2c1. The van der Waals surface area contributed by atoms with E-state index >= 15 is 0 Å². The van der Waals surface area contributed by atoms with Gasteiger partial charge < -0.3 is 14.9 Å². The molecule has 0 spiro atoms. The van der Waals surface area contributed by atoms with Gasteiger partial charge in [0, 0.05) is 30.7 Å². The summed E-state index contributed by atoms with van der Waals surface area (Å²) in [7, 11) is 0. The maximum atomic E-state index is 11.0. The Bertz CT molecular complexity index is 1880. The number of aldehydes is 1. The molecule has 1 heterocycles. The van der Waals surface area contributed by atoms with Crippen molar-refractivity contribution in [3.63, 3.8) is 0 Å². The molecule has 260 valence electrons. The Hall–Kier alpha value is -6.47. The second kappa shape index (κ2) is 23.0. The highest BCUT2D eigenvalue weighted by Crippen LogP contribution is 2.20. The average molecular weight is 681 g/mol. The van der Waals surface area contributed by atoms with Crippen LogP contribution in [0.25, 0.3) is 32.8 Å². The number of imidazole rings is 1. The van der Waals surface area contributed by atoms with Gasteiger partial charge in [-0.2, -0.15) is 0 Å². The van der Waals surface area contributed by atoms with Crippen LogP contribution in [0.1, 0.15) is 42.6 Å². The van der Waals surface area contributed by atoms with Crippen molar-refractivity contribution >= 4 is 45.4 Å². The van der Waals surface area contributed by atoms with E-state index in [9.17, 15) is 9.59 Å². The molecule has 7 aromatic rings. The molecule has 0 aliphatic heterocycles. The maximum Gasteiger partial charge on any atom is 0.300 e. The molecule has 7 rings (SSSR count). The normalized spacial score (nSPS) is 9.27. The second-order valence-electron chi connectivity index (χ2n) is 10.9. The Morgan fingerprint density at radius 3 is 1.14 bits per heavy atom. The van der Waals surface area contributed by atoms with Crippen LogP contribution in [-0.4, -0.2) is 38.9 Å². The van der Waals surface area contributed by atoms with Crippen molar-refractivity contribution < 1.29 is 24.3 Å². The van der Waals surface area contributed by atoms with Crippen LogP contribution in [0.3, 0.4) is 0 Å². The fraction of sp³-hybridized carbons (Fsp3) is 0.114. The van der Waals surface area contributed by atoms with Gasteiger partial charge in [0.25, 0.3) is 5.97 Å². The number of rotatable bonds is 3. The average Bonchev–Trinajstić information content (AvgIpc) is 3.50. The van der Waals surface area contributed by atoms with E-state index < -0.39 is 17.5 Å². The summed E-state index contributed by atoms with van der Waals surface area (Å²) in [6.07, 6.45) is 0.750. The Kier molecular flexibility index (Phi) is 18.3. The molecule has 0 bridgehead atoms. The second-order valence-corrected chi connectivity index (χ2v) is 10.9. The summed E-state index contributed by atoms with van der Waals surface area (Å²) in [4.78, 5) is 47.0. The van der Waals surface area contributed by atoms with Crippen LogP contribution in [0.2, 0.25) is 0 Å². The monoisotopic (exact) mass is 680 g/mol. The number of hydrogen-bond donors (Lipinski definition) is 2. The first-order valence-electron chi connectivity index (χ1n) is 16.2. The molecule has 0 amide bonds. The number of aromatic amines is 1. The molecule has 2 N–H and O–H groups in total. The van der Waals surface area contributed by atoms with Crippen LogP contribution in [0, 0.1) is 13.8 Å². The summed E-state index contributed by atoms with van der Waals surface area (Å²) < 4.78 is 0. The lowest BCUT2D eigenvalue weighted by atomic mass is 10.1. The number of ketones is 2. The molecular weight excluding hydrogens is 636 g/mol. The predicted octanol–water partition coefficient (Wildman–Crippen LogP) is 10.1. The fourth-order valence-electron chi connectivity index (χ4n) is 4.55. The number of carboxylic acid groups (broad SMARTS) is 1. The molecule has 1 aromatic heterocycles. The Morgan fingerprint density at radius 1 is 0.569 bits per heavy atom. The zero-order valence-corrected chi connectivity index (χ0v) is 29.6. The number of aryl methyl sites for hydroxylation is 2. The zero-order valence-electron chi connectivity index (χ0n) is 29.6. The summed E-state index contributed by atoms with van der Waals surface area (Å²) in [6, 6.07) is 52.2. The van der Waals surface area contributed by atoms with E-state index in [1.807, 2.05) is 32.0 Å². The molecule has 7 heteroatoms. The summed E-state index contributed by atoms with van der Waals surface area (Å²) in [5.74, 6) is -0.710. The van der Waals surface area contributed by atoms with E-state index in [0.29, 0.717) is 5.56 Å². The van der Waals surface area contributed by atoms with Gasteiger partial charge in [-0.1, -0.05) is 158 Å². The van der Waals surface area contributed by atoms with Crippen molar-refractivity contribution in [1.29, 1.82) is 0 Å². The fourth-order valence-corrected chi connectivity index (χ4v) is 4.55. The number of nitrogens with zero attached hydrogens (tertiary/aromatic N) is 1. The van der Waals surface area contributed by atoms with Crippen molar-refractivity contribution in [3.05, 3.63) is 175 Å². The predicted molar refractivity (Wildman–Crippen MR) is 208 cm³/mol. The van der Waals surface area contributed by atoms with Crippen LogP contribution < -0.4 is 0 Å². The summed E-state index contributed by atoms with van der Waals surface area (Å²) in [5, 5.41) is 12.7. The molecule has 7 nitrogen and oxygen atoms in total. The minimum Gasteiger partial charge on any atom is -0.481 e. The number of aliphatic carboxylic acids is 1. The first-order valence-corrected chi connectivity index (χ1v) is 16.2. The van der Waals surface area contributed by atoms with Crippen LogP contribution in [0.15, 0.2) is 158 Å².